The van der Waals surface area contributed by atoms with Crippen molar-refractivity contribution in [1.29, 1.82) is 0 Å². The SMILES string of the molecule is C[C@H](Oc1ccc(F)cc1)C(=O)NCCCn1ccnc1. The number of halogens is 1. The van der Waals surface area contributed by atoms with Gasteiger partial charge in [0.15, 0.2) is 6.10 Å². The van der Waals surface area contributed by atoms with E-state index in [0.717, 1.165) is 13.0 Å². The van der Waals surface area contributed by atoms with Gasteiger partial charge in [-0.25, -0.2) is 9.37 Å². The maximum atomic E-state index is 12.8. The van der Waals surface area contributed by atoms with Crippen LogP contribution >= 0.6 is 0 Å². The fourth-order valence-electron chi connectivity index (χ4n) is 1.81. The monoisotopic (exact) mass is 291 g/mol. The van der Waals surface area contributed by atoms with Crippen molar-refractivity contribution < 1.29 is 13.9 Å². The van der Waals surface area contributed by atoms with Gasteiger partial charge in [-0.15, -0.1) is 0 Å². The number of hydrogen-bond acceptors (Lipinski definition) is 3. The molecule has 1 amide bonds. The van der Waals surface area contributed by atoms with Gasteiger partial charge in [0.05, 0.1) is 6.33 Å². The molecule has 1 aromatic heterocycles. The summed E-state index contributed by atoms with van der Waals surface area (Å²) >= 11 is 0. The molecule has 0 radical (unpaired) electrons. The Kier molecular flexibility index (Phi) is 5.31. The summed E-state index contributed by atoms with van der Waals surface area (Å²) < 4.78 is 20.2. The molecule has 0 unspecified atom stereocenters. The van der Waals surface area contributed by atoms with Crippen molar-refractivity contribution in [2.24, 2.45) is 0 Å². The predicted molar refractivity (Wildman–Crippen MR) is 76.3 cm³/mol. The van der Waals surface area contributed by atoms with Crippen molar-refractivity contribution in [3.63, 3.8) is 0 Å². The number of carbonyl (C=O) groups is 1. The molecule has 0 spiro atoms. The zero-order chi connectivity index (χ0) is 15.1. The van der Waals surface area contributed by atoms with Crippen LogP contribution in [-0.4, -0.2) is 28.1 Å². The number of hydrogen-bond donors (Lipinski definition) is 1. The number of nitrogens with zero attached hydrogens (tertiary/aromatic N) is 2. The van der Waals surface area contributed by atoms with Gasteiger partial charge in [0, 0.05) is 25.5 Å². The quantitative estimate of drug-likeness (QED) is 0.794. The smallest absolute Gasteiger partial charge is 0.260 e. The van der Waals surface area contributed by atoms with Crippen molar-refractivity contribution in [3.05, 3.63) is 48.8 Å². The number of carbonyl (C=O) groups excluding carboxylic acids is 1. The van der Waals surface area contributed by atoms with Crippen LogP contribution in [0.2, 0.25) is 0 Å². The number of imidazole rings is 1. The normalized spacial score (nSPS) is 11.9. The molecule has 0 saturated heterocycles. The Morgan fingerprint density at radius 3 is 2.86 bits per heavy atom. The number of benzene rings is 1. The first kappa shape index (κ1) is 15.0. The Hall–Kier alpha value is -2.37. The lowest BCUT2D eigenvalue weighted by molar-refractivity contribution is -0.127. The topological polar surface area (TPSA) is 56.1 Å². The third-order valence-corrected chi connectivity index (χ3v) is 2.95. The van der Waals surface area contributed by atoms with Gasteiger partial charge in [0.2, 0.25) is 0 Å². The average molecular weight is 291 g/mol. The molecule has 112 valence electrons. The maximum Gasteiger partial charge on any atom is 0.260 e. The summed E-state index contributed by atoms with van der Waals surface area (Å²) in [6, 6.07) is 5.59. The average Bonchev–Trinajstić information content (AvgIpc) is 2.99. The largest absolute Gasteiger partial charge is 0.481 e. The highest BCUT2D eigenvalue weighted by Gasteiger charge is 2.13. The molecule has 0 aliphatic rings. The lowest BCUT2D eigenvalue weighted by Crippen LogP contribution is -2.37. The highest BCUT2D eigenvalue weighted by molar-refractivity contribution is 5.80. The van der Waals surface area contributed by atoms with E-state index in [2.05, 4.69) is 10.3 Å². The van der Waals surface area contributed by atoms with Crippen molar-refractivity contribution in [2.75, 3.05) is 6.54 Å². The fourth-order valence-corrected chi connectivity index (χ4v) is 1.81. The summed E-state index contributed by atoms with van der Waals surface area (Å²) in [6.45, 7) is 3.02. The first-order valence-corrected chi connectivity index (χ1v) is 6.81. The molecule has 5 nitrogen and oxygen atoms in total. The van der Waals surface area contributed by atoms with E-state index >= 15 is 0 Å². The van der Waals surface area contributed by atoms with Gasteiger partial charge in [-0.3, -0.25) is 4.79 Å². The lowest BCUT2D eigenvalue weighted by atomic mass is 10.3. The minimum Gasteiger partial charge on any atom is -0.481 e. The summed E-state index contributed by atoms with van der Waals surface area (Å²) in [5, 5.41) is 2.80. The van der Waals surface area contributed by atoms with Crippen molar-refractivity contribution in [1.82, 2.24) is 14.9 Å². The van der Waals surface area contributed by atoms with Crippen LogP contribution in [0.25, 0.3) is 0 Å². The summed E-state index contributed by atoms with van der Waals surface area (Å²) in [7, 11) is 0. The van der Waals surface area contributed by atoms with E-state index in [1.54, 1.807) is 19.4 Å². The molecule has 0 saturated carbocycles. The molecule has 6 heteroatoms. The van der Waals surface area contributed by atoms with Crippen LogP contribution in [0.15, 0.2) is 43.0 Å². The number of aryl methyl sites for hydroxylation is 1. The Labute approximate surface area is 122 Å². The van der Waals surface area contributed by atoms with Crippen LogP contribution in [-0.2, 0) is 11.3 Å². The van der Waals surface area contributed by atoms with Crippen LogP contribution in [0.5, 0.6) is 5.75 Å². The van der Waals surface area contributed by atoms with Crippen LogP contribution in [0.3, 0.4) is 0 Å². The molecule has 2 aromatic rings. The molecule has 21 heavy (non-hydrogen) atoms. The van der Waals surface area contributed by atoms with Gasteiger partial charge in [0.25, 0.3) is 5.91 Å². The van der Waals surface area contributed by atoms with Crippen LogP contribution in [0, 0.1) is 5.82 Å². The molecule has 1 atom stereocenters. The predicted octanol–water partition coefficient (Wildman–Crippen LogP) is 2.00. The molecule has 0 aliphatic heterocycles. The number of aromatic nitrogens is 2. The van der Waals surface area contributed by atoms with Crippen molar-refractivity contribution >= 4 is 5.91 Å². The third kappa shape index (κ3) is 4.91. The van der Waals surface area contributed by atoms with Crippen LogP contribution in [0.1, 0.15) is 13.3 Å². The summed E-state index contributed by atoms with van der Waals surface area (Å²) in [5.74, 6) is -0.0543. The van der Waals surface area contributed by atoms with Gasteiger partial charge < -0.3 is 14.6 Å². The van der Waals surface area contributed by atoms with Crippen molar-refractivity contribution in [2.45, 2.75) is 26.0 Å². The Bertz CT molecular complexity index is 555. The first-order chi connectivity index (χ1) is 10.1. The summed E-state index contributed by atoms with van der Waals surface area (Å²) in [4.78, 5) is 15.8. The second kappa shape index (κ2) is 7.42. The Morgan fingerprint density at radius 2 is 2.19 bits per heavy atom. The zero-order valence-corrected chi connectivity index (χ0v) is 11.8. The van der Waals surface area contributed by atoms with Gasteiger partial charge in [-0.05, 0) is 37.6 Å². The zero-order valence-electron chi connectivity index (χ0n) is 11.8. The lowest BCUT2D eigenvalue weighted by Gasteiger charge is -2.14. The molecule has 0 aliphatic carbocycles. The van der Waals surface area contributed by atoms with E-state index in [1.807, 2.05) is 10.8 Å². The second-order valence-electron chi connectivity index (χ2n) is 4.66. The highest BCUT2D eigenvalue weighted by Crippen LogP contribution is 2.12. The minimum atomic E-state index is -0.622. The maximum absolute atomic E-state index is 12.8. The summed E-state index contributed by atoms with van der Waals surface area (Å²) in [6.07, 6.45) is 5.52. The standard InChI is InChI=1S/C15H18FN3O2/c1-12(21-14-5-3-13(16)4-6-14)15(20)18-7-2-9-19-10-8-17-11-19/h3-6,8,10-12H,2,7,9H2,1H3,(H,18,20)/t12-/m0/s1. The van der Waals surface area contributed by atoms with E-state index in [9.17, 15) is 9.18 Å². The fraction of sp³-hybridized carbons (Fsp3) is 0.333. The Balaban J connectivity index is 1.68. The first-order valence-electron chi connectivity index (χ1n) is 6.81. The van der Waals surface area contributed by atoms with E-state index in [0.29, 0.717) is 12.3 Å². The third-order valence-electron chi connectivity index (χ3n) is 2.95. The van der Waals surface area contributed by atoms with E-state index in [-0.39, 0.29) is 11.7 Å². The van der Waals surface area contributed by atoms with Crippen LogP contribution < -0.4 is 10.1 Å². The molecule has 0 fully saturated rings. The summed E-state index contributed by atoms with van der Waals surface area (Å²) in [5.41, 5.74) is 0. The van der Waals surface area contributed by atoms with E-state index in [4.69, 9.17) is 4.74 Å². The van der Waals surface area contributed by atoms with E-state index < -0.39 is 6.10 Å². The molecular formula is C15H18FN3O2. The van der Waals surface area contributed by atoms with Gasteiger partial charge in [-0.2, -0.15) is 0 Å². The molecular weight excluding hydrogens is 273 g/mol. The number of rotatable bonds is 7. The Morgan fingerprint density at radius 1 is 1.43 bits per heavy atom. The van der Waals surface area contributed by atoms with E-state index in [1.165, 1.54) is 24.3 Å². The molecule has 1 heterocycles. The van der Waals surface area contributed by atoms with Gasteiger partial charge in [-0.1, -0.05) is 0 Å². The number of amides is 1. The molecule has 2 rings (SSSR count). The van der Waals surface area contributed by atoms with Crippen LogP contribution in [0.4, 0.5) is 4.39 Å². The van der Waals surface area contributed by atoms with Crippen molar-refractivity contribution in [3.8, 4) is 5.75 Å². The van der Waals surface area contributed by atoms with Gasteiger partial charge >= 0.3 is 0 Å². The molecule has 1 aromatic carbocycles. The number of nitrogens with one attached hydrogen (secondary N) is 1. The second-order valence-corrected chi connectivity index (χ2v) is 4.66. The minimum absolute atomic E-state index is 0.190. The van der Waals surface area contributed by atoms with Gasteiger partial charge in [0.1, 0.15) is 11.6 Å². The number of ether oxygens (including phenoxy) is 1. The molecule has 0 bridgehead atoms. The highest BCUT2D eigenvalue weighted by atomic mass is 19.1. The molecule has 1 N–H and O–H groups in total.